The highest BCUT2D eigenvalue weighted by Crippen LogP contribution is 2.32. The molecule has 0 spiro atoms. The van der Waals surface area contributed by atoms with E-state index < -0.39 is 0 Å². The second-order valence-corrected chi connectivity index (χ2v) is 7.42. The normalized spacial score (nSPS) is 27.8. The molecule has 3 heterocycles. The van der Waals surface area contributed by atoms with Crippen LogP contribution in [0.15, 0.2) is 16.8 Å². The van der Waals surface area contributed by atoms with Crippen LogP contribution in [0.3, 0.4) is 0 Å². The van der Waals surface area contributed by atoms with Crippen molar-refractivity contribution in [3.63, 3.8) is 0 Å². The van der Waals surface area contributed by atoms with Crippen molar-refractivity contribution in [2.75, 3.05) is 33.9 Å². The topological polar surface area (TPSA) is 42.0 Å². The Kier molecular flexibility index (Phi) is 5.69. The molecule has 0 bridgehead atoms. The van der Waals surface area contributed by atoms with E-state index in [0.29, 0.717) is 18.8 Å². The van der Waals surface area contributed by atoms with Crippen LogP contribution in [0.1, 0.15) is 24.8 Å². The number of amides is 1. The van der Waals surface area contributed by atoms with Crippen molar-refractivity contribution < 1.29 is 14.3 Å². The third kappa shape index (κ3) is 4.32. The maximum Gasteiger partial charge on any atom is 0.248 e. The zero-order valence-electron chi connectivity index (χ0n) is 13.9. The van der Waals surface area contributed by atoms with Crippen LogP contribution < -0.4 is 0 Å². The maximum absolute atomic E-state index is 11.5. The summed E-state index contributed by atoms with van der Waals surface area (Å²) in [6, 6.07) is 2.75. The summed E-state index contributed by atoms with van der Waals surface area (Å²) in [5.74, 6) is 0.00138. The molecule has 2 aliphatic heterocycles. The van der Waals surface area contributed by atoms with E-state index in [9.17, 15) is 4.79 Å². The minimum atomic E-state index is 0.00138. The molecular weight excluding hydrogens is 312 g/mol. The second-order valence-electron chi connectivity index (χ2n) is 6.64. The van der Waals surface area contributed by atoms with Crippen molar-refractivity contribution in [1.29, 1.82) is 0 Å². The van der Waals surface area contributed by atoms with Crippen LogP contribution in [-0.4, -0.2) is 67.8 Å². The number of carbonyl (C=O) groups is 1. The van der Waals surface area contributed by atoms with Crippen molar-refractivity contribution in [1.82, 2.24) is 9.80 Å². The van der Waals surface area contributed by atoms with Gasteiger partial charge in [-0.25, -0.2) is 0 Å². The Labute approximate surface area is 142 Å². The van der Waals surface area contributed by atoms with E-state index in [1.807, 2.05) is 0 Å². The van der Waals surface area contributed by atoms with Crippen LogP contribution in [-0.2, 0) is 20.8 Å². The Balaban J connectivity index is 1.42. The second kappa shape index (κ2) is 7.75. The molecule has 0 radical (unpaired) electrons. The van der Waals surface area contributed by atoms with Crippen molar-refractivity contribution in [2.24, 2.45) is 0 Å². The first-order chi connectivity index (χ1) is 11.1. The van der Waals surface area contributed by atoms with E-state index in [4.69, 9.17) is 9.47 Å². The Morgan fingerprint density at radius 3 is 3.04 bits per heavy atom. The molecule has 0 N–H and O–H groups in total. The Morgan fingerprint density at radius 1 is 1.43 bits per heavy atom. The lowest BCUT2D eigenvalue weighted by Gasteiger charge is -2.36. The van der Waals surface area contributed by atoms with E-state index in [1.54, 1.807) is 30.3 Å². The number of ether oxygens (including phenoxy) is 2. The monoisotopic (exact) mass is 338 g/mol. The number of thiophene rings is 1. The molecule has 1 aromatic heterocycles. The van der Waals surface area contributed by atoms with Gasteiger partial charge in [0, 0.05) is 33.2 Å². The SMILES string of the molecule is CN(C)C(=O)COC[C@H]1CC[C@@H]2[C@@H](CCN2Cc2ccsc2)O1. The van der Waals surface area contributed by atoms with Gasteiger partial charge in [0.2, 0.25) is 5.91 Å². The molecule has 2 saturated heterocycles. The summed E-state index contributed by atoms with van der Waals surface area (Å²) >= 11 is 1.76. The van der Waals surface area contributed by atoms with Gasteiger partial charge < -0.3 is 14.4 Å². The Hall–Kier alpha value is -0.950. The fourth-order valence-electron chi connectivity index (χ4n) is 3.43. The standard InChI is InChI=1S/C17H26N2O3S/c1-18(2)17(20)11-21-10-14-3-4-15-16(22-14)5-7-19(15)9-13-6-8-23-12-13/h6,8,12,14-16H,3-5,7,9-11H2,1-2H3/t14-,15-,16-/m1/s1. The molecule has 2 aliphatic rings. The summed E-state index contributed by atoms with van der Waals surface area (Å²) in [4.78, 5) is 15.6. The van der Waals surface area contributed by atoms with E-state index in [2.05, 4.69) is 21.7 Å². The number of rotatable bonds is 6. The summed E-state index contributed by atoms with van der Waals surface area (Å²) in [7, 11) is 3.49. The fourth-order valence-corrected chi connectivity index (χ4v) is 4.09. The van der Waals surface area contributed by atoms with Gasteiger partial charge >= 0.3 is 0 Å². The average molecular weight is 338 g/mol. The van der Waals surface area contributed by atoms with Crippen molar-refractivity contribution in [2.45, 2.75) is 44.1 Å². The Morgan fingerprint density at radius 2 is 2.30 bits per heavy atom. The van der Waals surface area contributed by atoms with Gasteiger partial charge in [-0.2, -0.15) is 11.3 Å². The number of hydrogen-bond donors (Lipinski definition) is 0. The molecule has 128 valence electrons. The third-order valence-electron chi connectivity index (χ3n) is 4.74. The summed E-state index contributed by atoms with van der Waals surface area (Å²) in [5.41, 5.74) is 1.41. The lowest BCUT2D eigenvalue weighted by molar-refractivity contribution is -0.138. The van der Waals surface area contributed by atoms with Gasteiger partial charge in [0.1, 0.15) is 6.61 Å². The van der Waals surface area contributed by atoms with Crippen molar-refractivity contribution in [3.05, 3.63) is 22.4 Å². The van der Waals surface area contributed by atoms with Crippen molar-refractivity contribution in [3.8, 4) is 0 Å². The smallest absolute Gasteiger partial charge is 0.248 e. The van der Waals surface area contributed by atoms with Gasteiger partial charge in [-0.15, -0.1) is 0 Å². The molecular formula is C17H26N2O3S. The predicted octanol–water partition coefficient (Wildman–Crippen LogP) is 1.97. The third-order valence-corrected chi connectivity index (χ3v) is 5.48. The molecule has 0 saturated carbocycles. The largest absolute Gasteiger partial charge is 0.371 e. The molecule has 3 atom stereocenters. The van der Waals surface area contributed by atoms with Crippen LogP contribution >= 0.6 is 11.3 Å². The van der Waals surface area contributed by atoms with Crippen LogP contribution in [0.4, 0.5) is 0 Å². The maximum atomic E-state index is 11.5. The number of likely N-dealkylation sites (N-methyl/N-ethyl adjacent to an activating group) is 1. The first-order valence-corrected chi connectivity index (χ1v) is 9.26. The summed E-state index contributed by atoms with van der Waals surface area (Å²) < 4.78 is 11.7. The molecule has 2 fully saturated rings. The predicted molar refractivity (Wildman–Crippen MR) is 90.5 cm³/mol. The fraction of sp³-hybridized carbons (Fsp3) is 0.706. The van der Waals surface area contributed by atoms with E-state index in [0.717, 1.165) is 32.4 Å². The van der Waals surface area contributed by atoms with Gasteiger partial charge in [-0.05, 0) is 41.7 Å². The molecule has 0 aromatic carbocycles. The van der Waals surface area contributed by atoms with E-state index in [1.165, 1.54) is 5.56 Å². The molecule has 5 nitrogen and oxygen atoms in total. The Bertz CT molecular complexity index is 506. The molecule has 6 heteroatoms. The highest BCUT2D eigenvalue weighted by Gasteiger charge is 2.39. The molecule has 1 amide bonds. The zero-order valence-corrected chi connectivity index (χ0v) is 14.8. The molecule has 3 rings (SSSR count). The quantitative estimate of drug-likeness (QED) is 0.795. The number of nitrogens with zero attached hydrogens (tertiary/aromatic N) is 2. The minimum absolute atomic E-state index is 0.00138. The van der Waals surface area contributed by atoms with Crippen LogP contribution in [0, 0.1) is 0 Å². The number of likely N-dealkylation sites (tertiary alicyclic amines) is 1. The van der Waals surface area contributed by atoms with Gasteiger partial charge in [0.25, 0.3) is 0 Å². The summed E-state index contributed by atoms with van der Waals surface area (Å²) in [5, 5.41) is 4.37. The summed E-state index contributed by atoms with van der Waals surface area (Å²) in [6.07, 6.45) is 3.72. The minimum Gasteiger partial charge on any atom is -0.371 e. The zero-order chi connectivity index (χ0) is 16.2. The number of carbonyl (C=O) groups excluding carboxylic acids is 1. The highest BCUT2D eigenvalue weighted by molar-refractivity contribution is 7.07. The first kappa shape index (κ1) is 16.9. The first-order valence-electron chi connectivity index (χ1n) is 8.32. The highest BCUT2D eigenvalue weighted by atomic mass is 32.1. The van der Waals surface area contributed by atoms with Crippen LogP contribution in [0.2, 0.25) is 0 Å². The van der Waals surface area contributed by atoms with Crippen LogP contribution in [0.25, 0.3) is 0 Å². The van der Waals surface area contributed by atoms with E-state index >= 15 is 0 Å². The molecule has 0 unspecified atom stereocenters. The van der Waals surface area contributed by atoms with Gasteiger partial charge in [-0.3, -0.25) is 9.69 Å². The molecule has 0 aliphatic carbocycles. The van der Waals surface area contributed by atoms with E-state index in [-0.39, 0.29) is 18.6 Å². The van der Waals surface area contributed by atoms with Gasteiger partial charge in [0.05, 0.1) is 18.8 Å². The van der Waals surface area contributed by atoms with Gasteiger partial charge in [-0.1, -0.05) is 0 Å². The molecule has 23 heavy (non-hydrogen) atoms. The lowest BCUT2D eigenvalue weighted by Crippen LogP contribution is -2.43. The average Bonchev–Trinajstić information content (AvgIpc) is 3.17. The van der Waals surface area contributed by atoms with Crippen molar-refractivity contribution >= 4 is 17.2 Å². The van der Waals surface area contributed by atoms with Gasteiger partial charge in [0.15, 0.2) is 0 Å². The number of fused-ring (bicyclic) bond motifs is 1. The van der Waals surface area contributed by atoms with Crippen LogP contribution in [0.5, 0.6) is 0 Å². The lowest BCUT2D eigenvalue weighted by atomic mass is 9.99. The molecule has 1 aromatic rings. The number of hydrogen-bond acceptors (Lipinski definition) is 5. The summed E-state index contributed by atoms with van der Waals surface area (Å²) in [6.45, 7) is 2.81.